The maximum absolute atomic E-state index is 12.9. The lowest BCUT2D eigenvalue weighted by atomic mass is 9.95. The fraction of sp³-hybridized carbons (Fsp3) is 0.556. The molecule has 0 saturated carbocycles. The van der Waals surface area contributed by atoms with E-state index in [2.05, 4.69) is 11.0 Å². The lowest BCUT2D eigenvalue weighted by Gasteiger charge is -2.34. The first-order valence-corrected chi connectivity index (χ1v) is 8.55. The number of carbonyl (C=O) groups is 1. The van der Waals surface area contributed by atoms with E-state index in [1.807, 2.05) is 0 Å². The maximum atomic E-state index is 12.9. The van der Waals surface area contributed by atoms with Crippen LogP contribution in [0.15, 0.2) is 18.2 Å². The summed E-state index contributed by atoms with van der Waals surface area (Å²) in [7, 11) is 0. The molecule has 0 aliphatic carbocycles. The lowest BCUT2D eigenvalue weighted by molar-refractivity contribution is -0.183. The molecule has 1 aromatic rings. The number of piperidine rings is 1. The zero-order valence-corrected chi connectivity index (χ0v) is 13.9. The van der Waals surface area contributed by atoms with Gasteiger partial charge in [-0.1, -0.05) is 0 Å². The van der Waals surface area contributed by atoms with Crippen molar-refractivity contribution in [1.29, 1.82) is 5.26 Å². The Kier molecular flexibility index (Phi) is 4.89. The van der Waals surface area contributed by atoms with E-state index in [9.17, 15) is 18.0 Å². The molecule has 25 heavy (non-hydrogen) atoms. The Labute approximate surface area is 144 Å². The topological polar surface area (TPSA) is 47.3 Å². The summed E-state index contributed by atoms with van der Waals surface area (Å²) in [5.74, 6) is -1.57. The molecule has 0 unspecified atom stereocenters. The number of hydrogen-bond donors (Lipinski definition) is 0. The van der Waals surface area contributed by atoms with Gasteiger partial charge in [-0.15, -0.1) is 0 Å². The van der Waals surface area contributed by atoms with Crippen molar-refractivity contribution in [2.75, 3.05) is 31.1 Å². The van der Waals surface area contributed by atoms with Crippen LogP contribution in [0.1, 0.15) is 41.6 Å². The van der Waals surface area contributed by atoms with E-state index in [0.29, 0.717) is 11.1 Å². The van der Waals surface area contributed by atoms with Crippen molar-refractivity contribution in [3.05, 3.63) is 29.3 Å². The Morgan fingerprint density at radius 3 is 2.32 bits per heavy atom. The van der Waals surface area contributed by atoms with Gasteiger partial charge in [-0.2, -0.15) is 18.4 Å². The molecule has 7 heteroatoms. The number of alkyl halides is 3. The maximum Gasteiger partial charge on any atom is 0.391 e. The first-order valence-electron chi connectivity index (χ1n) is 8.55. The summed E-state index contributed by atoms with van der Waals surface area (Å²) in [5, 5.41) is 9.12. The Bertz CT molecular complexity index is 682. The molecule has 0 radical (unpaired) electrons. The summed E-state index contributed by atoms with van der Waals surface area (Å²) < 4.78 is 38.4. The zero-order chi connectivity index (χ0) is 18.0. The SMILES string of the molecule is N#Cc1ccc(C(=O)N2CCC(C(F)(F)F)CC2)c(N2CCCC2)c1. The van der Waals surface area contributed by atoms with Gasteiger partial charge in [0.25, 0.3) is 5.91 Å². The molecule has 4 nitrogen and oxygen atoms in total. The molecule has 0 spiro atoms. The fourth-order valence-corrected chi connectivity index (χ4v) is 3.58. The molecule has 2 aliphatic heterocycles. The largest absolute Gasteiger partial charge is 0.391 e. The summed E-state index contributed by atoms with van der Waals surface area (Å²) in [6.07, 6.45) is -2.23. The molecule has 134 valence electrons. The van der Waals surface area contributed by atoms with Gasteiger partial charge in [0.1, 0.15) is 0 Å². The third-order valence-corrected chi connectivity index (χ3v) is 5.05. The van der Waals surface area contributed by atoms with Crippen LogP contribution in [0.3, 0.4) is 0 Å². The minimum Gasteiger partial charge on any atom is -0.371 e. The molecular weight excluding hydrogens is 331 g/mol. The van der Waals surface area contributed by atoms with E-state index in [0.717, 1.165) is 31.6 Å². The minimum absolute atomic E-state index is 0.0510. The number of likely N-dealkylation sites (tertiary alicyclic amines) is 1. The number of amides is 1. The zero-order valence-electron chi connectivity index (χ0n) is 13.9. The predicted molar refractivity (Wildman–Crippen MR) is 87.3 cm³/mol. The van der Waals surface area contributed by atoms with Gasteiger partial charge < -0.3 is 9.80 Å². The van der Waals surface area contributed by atoms with Gasteiger partial charge in [0.05, 0.1) is 28.8 Å². The molecule has 0 atom stereocenters. The van der Waals surface area contributed by atoms with Crippen LogP contribution in [-0.4, -0.2) is 43.2 Å². The molecule has 1 amide bonds. The van der Waals surface area contributed by atoms with E-state index in [1.54, 1.807) is 18.2 Å². The van der Waals surface area contributed by atoms with E-state index in [4.69, 9.17) is 5.26 Å². The second kappa shape index (κ2) is 6.95. The summed E-state index contributed by atoms with van der Waals surface area (Å²) in [4.78, 5) is 16.5. The number of anilines is 1. The van der Waals surface area contributed by atoms with Crippen molar-refractivity contribution in [1.82, 2.24) is 4.90 Å². The summed E-state index contributed by atoms with van der Waals surface area (Å²) in [5.41, 5.74) is 1.68. The van der Waals surface area contributed by atoms with Crippen LogP contribution >= 0.6 is 0 Å². The minimum atomic E-state index is -4.19. The number of benzene rings is 1. The highest BCUT2D eigenvalue weighted by Gasteiger charge is 2.42. The van der Waals surface area contributed by atoms with E-state index in [-0.39, 0.29) is 31.8 Å². The molecule has 2 aliphatic rings. The van der Waals surface area contributed by atoms with Crippen molar-refractivity contribution in [2.24, 2.45) is 5.92 Å². The van der Waals surface area contributed by atoms with Crippen molar-refractivity contribution < 1.29 is 18.0 Å². The van der Waals surface area contributed by atoms with Crippen molar-refractivity contribution in [3.8, 4) is 6.07 Å². The Morgan fingerprint density at radius 2 is 1.76 bits per heavy atom. The molecule has 2 heterocycles. The van der Waals surface area contributed by atoms with Gasteiger partial charge in [0.2, 0.25) is 0 Å². The molecule has 0 bridgehead atoms. The standard InChI is InChI=1S/C18H20F3N3O/c19-18(20,21)14-5-9-24(10-6-14)17(25)15-4-3-13(12-22)11-16(15)23-7-1-2-8-23/h3-4,11,14H,1-2,5-10H2. The van der Waals surface area contributed by atoms with Crippen LogP contribution in [0.5, 0.6) is 0 Å². The van der Waals surface area contributed by atoms with Crippen LogP contribution in [0, 0.1) is 17.2 Å². The number of halogens is 3. The monoisotopic (exact) mass is 351 g/mol. The third kappa shape index (κ3) is 3.73. The second-order valence-corrected chi connectivity index (χ2v) is 6.65. The summed E-state index contributed by atoms with van der Waals surface area (Å²) >= 11 is 0. The fourth-order valence-electron chi connectivity index (χ4n) is 3.58. The highest BCUT2D eigenvalue weighted by Crippen LogP contribution is 2.35. The van der Waals surface area contributed by atoms with Gasteiger partial charge in [0.15, 0.2) is 0 Å². The van der Waals surface area contributed by atoms with Crippen LogP contribution in [0.2, 0.25) is 0 Å². The third-order valence-electron chi connectivity index (χ3n) is 5.05. The molecule has 0 N–H and O–H groups in total. The number of hydrogen-bond acceptors (Lipinski definition) is 3. The quantitative estimate of drug-likeness (QED) is 0.818. The molecule has 3 rings (SSSR count). The lowest BCUT2D eigenvalue weighted by Crippen LogP contribution is -2.42. The number of rotatable bonds is 2. The highest BCUT2D eigenvalue weighted by molar-refractivity contribution is 6.00. The van der Waals surface area contributed by atoms with Gasteiger partial charge >= 0.3 is 6.18 Å². The van der Waals surface area contributed by atoms with E-state index >= 15 is 0 Å². The number of carbonyl (C=O) groups excluding carboxylic acids is 1. The van der Waals surface area contributed by atoms with E-state index < -0.39 is 12.1 Å². The Hall–Kier alpha value is -2.23. The normalized spacial score (nSPS) is 19.1. The molecule has 0 aromatic heterocycles. The molecule has 2 fully saturated rings. The average Bonchev–Trinajstić information content (AvgIpc) is 3.14. The van der Waals surface area contributed by atoms with Crippen LogP contribution in [0.4, 0.5) is 18.9 Å². The Morgan fingerprint density at radius 1 is 1.12 bits per heavy atom. The van der Waals surface area contributed by atoms with Gasteiger partial charge in [-0.05, 0) is 43.9 Å². The van der Waals surface area contributed by atoms with Crippen LogP contribution < -0.4 is 4.90 Å². The summed E-state index contributed by atoms with van der Waals surface area (Å²) in [6.45, 7) is 1.88. The van der Waals surface area contributed by atoms with Crippen LogP contribution in [-0.2, 0) is 0 Å². The van der Waals surface area contributed by atoms with Crippen molar-refractivity contribution in [2.45, 2.75) is 31.9 Å². The molecule has 1 aromatic carbocycles. The van der Waals surface area contributed by atoms with Crippen molar-refractivity contribution in [3.63, 3.8) is 0 Å². The summed E-state index contributed by atoms with van der Waals surface area (Å²) in [6, 6.07) is 7.01. The first kappa shape index (κ1) is 17.6. The molecule has 2 saturated heterocycles. The van der Waals surface area contributed by atoms with Crippen molar-refractivity contribution >= 4 is 11.6 Å². The van der Waals surface area contributed by atoms with Gasteiger partial charge in [0, 0.05) is 26.2 Å². The van der Waals surface area contributed by atoms with Gasteiger partial charge in [-0.25, -0.2) is 0 Å². The second-order valence-electron chi connectivity index (χ2n) is 6.65. The predicted octanol–water partition coefficient (Wildman–Crippen LogP) is 3.57. The Balaban J connectivity index is 1.79. The van der Waals surface area contributed by atoms with E-state index in [1.165, 1.54) is 4.90 Å². The smallest absolute Gasteiger partial charge is 0.371 e. The highest BCUT2D eigenvalue weighted by atomic mass is 19.4. The number of nitrogens with zero attached hydrogens (tertiary/aromatic N) is 3. The molecular formula is C18H20F3N3O. The van der Waals surface area contributed by atoms with Crippen LogP contribution in [0.25, 0.3) is 0 Å². The number of nitriles is 1. The average molecular weight is 351 g/mol. The first-order chi connectivity index (χ1) is 11.9. The van der Waals surface area contributed by atoms with Gasteiger partial charge in [-0.3, -0.25) is 4.79 Å².